The molecular formula is C11H19N3O3. The Morgan fingerprint density at radius 2 is 2.35 bits per heavy atom. The molecule has 6 heteroatoms. The molecule has 1 aromatic rings. The van der Waals surface area contributed by atoms with Gasteiger partial charge in [0.1, 0.15) is 5.76 Å². The van der Waals surface area contributed by atoms with E-state index >= 15 is 0 Å². The third-order valence-electron chi connectivity index (χ3n) is 1.93. The Labute approximate surface area is 101 Å². The molecule has 2 amide bonds. The second-order valence-electron chi connectivity index (χ2n) is 3.98. The molecule has 0 fully saturated rings. The lowest BCUT2D eigenvalue weighted by Gasteiger charge is -2.08. The van der Waals surface area contributed by atoms with Crippen molar-refractivity contribution in [3.8, 4) is 0 Å². The lowest BCUT2D eigenvalue weighted by atomic mass is 10.4. The first-order chi connectivity index (χ1) is 8.08. The number of ether oxygens (including phenoxy) is 1. The van der Waals surface area contributed by atoms with Crippen LogP contribution in [0.15, 0.2) is 10.6 Å². The molecule has 0 aliphatic rings. The highest BCUT2D eigenvalue weighted by Gasteiger charge is 2.04. The van der Waals surface area contributed by atoms with E-state index in [0.29, 0.717) is 24.7 Å². The molecule has 2 N–H and O–H groups in total. The van der Waals surface area contributed by atoms with Crippen LogP contribution in [-0.2, 0) is 4.74 Å². The van der Waals surface area contributed by atoms with Crippen LogP contribution >= 0.6 is 0 Å². The number of rotatable bonds is 6. The molecule has 0 saturated carbocycles. The molecule has 1 rings (SSSR count). The Kier molecular flexibility index (Phi) is 5.48. The standard InChI is InChI=1S/C11H19N3O3/c1-8(2)16-6-4-5-12-11(15)13-10-7-9(3)17-14-10/h7-8H,4-6H2,1-3H3,(H2,12,13,14,15). The van der Waals surface area contributed by atoms with Gasteiger partial charge in [0, 0.05) is 19.2 Å². The van der Waals surface area contributed by atoms with Crippen molar-refractivity contribution < 1.29 is 14.1 Å². The smallest absolute Gasteiger partial charge is 0.320 e. The summed E-state index contributed by atoms with van der Waals surface area (Å²) in [6, 6.07) is 1.37. The van der Waals surface area contributed by atoms with E-state index in [2.05, 4.69) is 15.8 Å². The maximum absolute atomic E-state index is 11.4. The van der Waals surface area contributed by atoms with E-state index in [1.54, 1.807) is 13.0 Å². The monoisotopic (exact) mass is 241 g/mol. The summed E-state index contributed by atoms with van der Waals surface area (Å²) in [5.41, 5.74) is 0. The molecule has 6 nitrogen and oxygen atoms in total. The van der Waals surface area contributed by atoms with Gasteiger partial charge in [-0.2, -0.15) is 0 Å². The Bertz CT molecular complexity index is 349. The maximum atomic E-state index is 11.4. The Morgan fingerprint density at radius 1 is 1.59 bits per heavy atom. The van der Waals surface area contributed by atoms with Crippen LogP contribution in [0.25, 0.3) is 0 Å². The van der Waals surface area contributed by atoms with Gasteiger partial charge >= 0.3 is 6.03 Å². The van der Waals surface area contributed by atoms with Crippen LogP contribution in [0, 0.1) is 6.92 Å². The van der Waals surface area contributed by atoms with Gasteiger partial charge in [-0.25, -0.2) is 4.79 Å². The minimum absolute atomic E-state index is 0.224. The summed E-state index contributed by atoms with van der Waals surface area (Å²) in [6.07, 6.45) is 1.01. The van der Waals surface area contributed by atoms with Gasteiger partial charge in [-0.1, -0.05) is 5.16 Å². The zero-order valence-electron chi connectivity index (χ0n) is 10.4. The molecule has 0 aromatic carbocycles. The molecule has 17 heavy (non-hydrogen) atoms. The van der Waals surface area contributed by atoms with Crippen LogP contribution in [0.4, 0.5) is 10.6 Å². The molecule has 1 aromatic heterocycles. The fourth-order valence-corrected chi connectivity index (χ4v) is 1.18. The zero-order valence-corrected chi connectivity index (χ0v) is 10.4. The van der Waals surface area contributed by atoms with Crippen LogP contribution < -0.4 is 10.6 Å². The van der Waals surface area contributed by atoms with E-state index < -0.39 is 0 Å². The first kappa shape index (κ1) is 13.5. The van der Waals surface area contributed by atoms with Crippen LogP contribution in [0.3, 0.4) is 0 Å². The number of aryl methyl sites for hydroxylation is 1. The summed E-state index contributed by atoms with van der Waals surface area (Å²) in [6.45, 7) is 6.93. The van der Waals surface area contributed by atoms with Gasteiger partial charge in [-0.3, -0.25) is 5.32 Å². The molecule has 0 aliphatic heterocycles. The number of carbonyl (C=O) groups is 1. The van der Waals surface area contributed by atoms with Gasteiger partial charge in [0.2, 0.25) is 0 Å². The second-order valence-corrected chi connectivity index (χ2v) is 3.98. The third-order valence-corrected chi connectivity index (χ3v) is 1.93. The molecular weight excluding hydrogens is 222 g/mol. The van der Waals surface area contributed by atoms with Gasteiger partial charge in [0.25, 0.3) is 0 Å². The minimum Gasteiger partial charge on any atom is -0.379 e. The lowest BCUT2D eigenvalue weighted by molar-refractivity contribution is 0.0775. The Morgan fingerprint density at radius 3 is 2.94 bits per heavy atom. The number of hydrogen-bond acceptors (Lipinski definition) is 4. The predicted molar refractivity (Wildman–Crippen MR) is 64.0 cm³/mol. The third kappa shape index (κ3) is 5.91. The van der Waals surface area contributed by atoms with Crippen molar-refractivity contribution in [2.45, 2.75) is 33.3 Å². The van der Waals surface area contributed by atoms with Gasteiger partial charge < -0.3 is 14.6 Å². The molecule has 96 valence electrons. The second kappa shape index (κ2) is 6.90. The van der Waals surface area contributed by atoms with E-state index in [1.807, 2.05) is 13.8 Å². The highest BCUT2D eigenvalue weighted by Crippen LogP contribution is 2.06. The largest absolute Gasteiger partial charge is 0.379 e. The molecule has 0 atom stereocenters. The van der Waals surface area contributed by atoms with Gasteiger partial charge in [0.05, 0.1) is 6.10 Å². The average molecular weight is 241 g/mol. The van der Waals surface area contributed by atoms with Gasteiger partial charge in [0.15, 0.2) is 5.82 Å². The molecule has 0 unspecified atom stereocenters. The van der Waals surface area contributed by atoms with E-state index in [0.717, 1.165) is 6.42 Å². The number of amides is 2. The quantitative estimate of drug-likeness (QED) is 0.746. The highest BCUT2D eigenvalue weighted by atomic mass is 16.5. The molecule has 0 radical (unpaired) electrons. The van der Waals surface area contributed by atoms with Crippen LogP contribution in [0.2, 0.25) is 0 Å². The van der Waals surface area contributed by atoms with Crippen molar-refractivity contribution in [2.24, 2.45) is 0 Å². The van der Waals surface area contributed by atoms with Crippen LogP contribution in [-0.4, -0.2) is 30.4 Å². The van der Waals surface area contributed by atoms with Crippen molar-refractivity contribution >= 4 is 11.8 Å². The molecule has 0 saturated heterocycles. The first-order valence-electron chi connectivity index (χ1n) is 5.67. The number of nitrogens with one attached hydrogen (secondary N) is 2. The maximum Gasteiger partial charge on any atom is 0.320 e. The van der Waals surface area contributed by atoms with Gasteiger partial charge in [-0.05, 0) is 27.2 Å². The normalized spacial score (nSPS) is 10.6. The number of nitrogens with zero attached hydrogens (tertiary/aromatic N) is 1. The van der Waals surface area contributed by atoms with Gasteiger partial charge in [-0.15, -0.1) is 0 Å². The van der Waals surface area contributed by atoms with Crippen molar-refractivity contribution in [1.29, 1.82) is 0 Å². The summed E-state index contributed by atoms with van der Waals surface area (Å²) >= 11 is 0. The summed E-state index contributed by atoms with van der Waals surface area (Å²) in [5.74, 6) is 1.07. The average Bonchev–Trinajstić information content (AvgIpc) is 2.63. The topological polar surface area (TPSA) is 76.4 Å². The van der Waals surface area contributed by atoms with Crippen molar-refractivity contribution in [2.75, 3.05) is 18.5 Å². The van der Waals surface area contributed by atoms with Crippen molar-refractivity contribution in [3.05, 3.63) is 11.8 Å². The SMILES string of the molecule is Cc1cc(NC(=O)NCCCOC(C)C)no1. The Balaban J connectivity index is 2.09. The summed E-state index contributed by atoms with van der Waals surface area (Å²) < 4.78 is 10.2. The lowest BCUT2D eigenvalue weighted by Crippen LogP contribution is -2.30. The van der Waals surface area contributed by atoms with Crippen LogP contribution in [0.5, 0.6) is 0 Å². The molecule has 1 heterocycles. The van der Waals surface area contributed by atoms with Crippen molar-refractivity contribution in [3.63, 3.8) is 0 Å². The number of hydrogen-bond donors (Lipinski definition) is 2. The fraction of sp³-hybridized carbons (Fsp3) is 0.636. The predicted octanol–water partition coefficient (Wildman–Crippen LogP) is 1.92. The molecule has 0 spiro atoms. The molecule has 0 aliphatic carbocycles. The van der Waals surface area contributed by atoms with Crippen molar-refractivity contribution in [1.82, 2.24) is 10.5 Å². The van der Waals surface area contributed by atoms with E-state index in [9.17, 15) is 4.79 Å². The summed E-state index contributed by atoms with van der Waals surface area (Å²) in [4.78, 5) is 11.4. The number of carbonyl (C=O) groups excluding carboxylic acids is 1. The van der Waals surface area contributed by atoms with Crippen LogP contribution in [0.1, 0.15) is 26.0 Å². The zero-order chi connectivity index (χ0) is 12.7. The highest BCUT2D eigenvalue weighted by molar-refractivity contribution is 5.88. The summed E-state index contributed by atoms with van der Waals surface area (Å²) in [5, 5.41) is 8.92. The van der Waals surface area contributed by atoms with E-state index in [4.69, 9.17) is 9.26 Å². The summed E-state index contributed by atoms with van der Waals surface area (Å²) in [7, 11) is 0. The minimum atomic E-state index is -0.289. The first-order valence-corrected chi connectivity index (χ1v) is 5.67. The number of urea groups is 1. The number of aromatic nitrogens is 1. The van der Waals surface area contributed by atoms with E-state index in [1.165, 1.54) is 0 Å². The number of anilines is 1. The Hall–Kier alpha value is -1.56. The van der Waals surface area contributed by atoms with E-state index in [-0.39, 0.29) is 12.1 Å². The fourth-order valence-electron chi connectivity index (χ4n) is 1.18. The molecule has 0 bridgehead atoms.